The fourth-order valence-corrected chi connectivity index (χ4v) is 2.62. The van der Waals surface area contributed by atoms with Crippen LogP contribution in [0.3, 0.4) is 0 Å². The molecule has 0 radical (unpaired) electrons. The maximum atomic E-state index is 12.5. The van der Waals surface area contributed by atoms with E-state index in [4.69, 9.17) is 4.74 Å². The van der Waals surface area contributed by atoms with Gasteiger partial charge >= 0.3 is 12.0 Å². The number of rotatable bonds is 7. The molecule has 0 unspecified atom stereocenters. The van der Waals surface area contributed by atoms with Crippen molar-refractivity contribution in [3.8, 4) is 5.69 Å². The molecule has 3 amide bonds. The molecule has 0 aliphatic heterocycles. The molecule has 2 aromatic rings. The van der Waals surface area contributed by atoms with E-state index in [1.807, 2.05) is 44.2 Å². The van der Waals surface area contributed by atoms with Crippen molar-refractivity contribution in [2.24, 2.45) is 0 Å². The molecular weight excluding hydrogens is 360 g/mol. The Balaban J connectivity index is 1.64. The second kappa shape index (κ2) is 8.69. The number of aromatic nitrogens is 2. The topological polar surface area (TPSA) is 102 Å². The summed E-state index contributed by atoms with van der Waals surface area (Å²) in [5, 5.41) is 9.28. The number of urea groups is 1. The number of imide groups is 1. The first kappa shape index (κ1) is 19.6. The minimum Gasteiger partial charge on any atom is -0.451 e. The van der Waals surface area contributed by atoms with Gasteiger partial charge in [0.25, 0.3) is 5.91 Å². The van der Waals surface area contributed by atoms with E-state index in [9.17, 15) is 14.4 Å². The van der Waals surface area contributed by atoms with Crippen LogP contribution in [-0.4, -0.2) is 40.3 Å². The molecule has 1 aliphatic rings. The van der Waals surface area contributed by atoms with Crippen LogP contribution in [0.25, 0.3) is 5.69 Å². The number of carbonyl (C=O) groups excluding carboxylic acids is 3. The smallest absolute Gasteiger partial charge is 0.357 e. The normalized spacial score (nSPS) is 14.2. The number of hydrogen-bond acceptors (Lipinski definition) is 5. The third-order valence-electron chi connectivity index (χ3n) is 4.51. The lowest BCUT2D eigenvalue weighted by Crippen LogP contribution is -2.44. The van der Waals surface area contributed by atoms with Crippen molar-refractivity contribution in [1.82, 2.24) is 20.4 Å². The lowest BCUT2D eigenvalue weighted by atomic mass is 10.2. The number of hydrogen-bond donors (Lipinski definition) is 2. The Morgan fingerprint density at radius 1 is 1.25 bits per heavy atom. The van der Waals surface area contributed by atoms with E-state index in [1.54, 1.807) is 6.07 Å². The van der Waals surface area contributed by atoms with E-state index in [2.05, 4.69) is 15.7 Å². The summed E-state index contributed by atoms with van der Waals surface area (Å²) in [6.07, 6.45) is 2.84. The number of ether oxygens (including phenoxy) is 1. The van der Waals surface area contributed by atoms with Crippen LogP contribution in [0.15, 0.2) is 36.4 Å². The summed E-state index contributed by atoms with van der Waals surface area (Å²) in [5.74, 6) is -0.993. The summed E-state index contributed by atoms with van der Waals surface area (Å²) in [4.78, 5) is 36.1. The summed E-state index contributed by atoms with van der Waals surface area (Å²) >= 11 is 0. The van der Waals surface area contributed by atoms with Crippen molar-refractivity contribution in [2.45, 2.75) is 45.1 Å². The van der Waals surface area contributed by atoms with E-state index in [1.165, 1.54) is 4.68 Å². The van der Waals surface area contributed by atoms with Crippen molar-refractivity contribution in [3.05, 3.63) is 47.8 Å². The summed E-state index contributed by atoms with van der Waals surface area (Å²) in [7, 11) is 0. The van der Waals surface area contributed by atoms with Crippen LogP contribution < -0.4 is 10.6 Å². The minimum atomic E-state index is -0.692. The number of amides is 3. The third kappa shape index (κ3) is 4.97. The molecular formula is C20H24N4O4. The molecule has 148 valence electrons. The van der Waals surface area contributed by atoms with Crippen molar-refractivity contribution in [3.63, 3.8) is 0 Å². The van der Waals surface area contributed by atoms with E-state index in [0.29, 0.717) is 5.92 Å². The molecule has 1 aliphatic carbocycles. The highest BCUT2D eigenvalue weighted by molar-refractivity contribution is 5.96. The molecule has 1 aromatic heterocycles. The van der Waals surface area contributed by atoms with Crippen LogP contribution in [0.4, 0.5) is 4.79 Å². The van der Waals surface area contributed by atoms with Crippen molar-refractivity contribution in [1.29, 1.82) is 0 Å². The predicted octanol–water partition coefficient (Wildman–Crippen LogP) is 2.53. The number of nitrogens with one attached hydrogen (secondary N) is 2. The van der Waals surface area contributed by atoms with Crippen LogP contribution in [0.5, 0.6) is 0 Å². The molecule has 2 N–H and O–H groups in total. The second-order valence-electron chi connectivity index (χ2n) is 6.88. The maximum Gasteiger partial charge on any atom is 0.357 e. The van der Waals surface area contributed by atoms with Crippen LogP contribution in [0, 0.1) is 0 Å². The Kier molecular flexibility index (Phi) is 6.08. The van der Waals surface area contributed by atoms with Gasteiger partial charge in [0.1, 0.15) is 0 Å². The quantitative estimate of drug-likeness (QED) is 0.714. The Morgan fingerprint density at radius 3 is 2.61 bits per heavy atom. The monoisotopic (exact) mass is 384 g/mol. The van der Waals surface area contributed by atoms with Gasteiger partial charge in [0, 0.05) is 12.0 Å². The van der Waals surface area contributed by atoms with Gasteiger partial charge < -0.3 is 10.1 Å². The molecule has 8 heteroatoms. The maximum absolute atomic E-state index is 12.5. The lowest BCUT2D eigenvalue weighted by molar-refractivity contribution is -0.123. The van der Waals surface area contributed by atoms with Crippen molar-refractivity contribution >= 4 is 17.9 Å². The summed E-state index contributed by atoms with van der Waals surface area (Å²) in [6.45, 7) is 3.19. The molecule has 0 saturated heterocycles. The molecule has 1 fully saturated rings. The number of para-hydroxylation sites is 1. The second-order valence-corrected chi connectivity index (χ2v) is 6.88. The fraction of sp³-hybridized carbons (Fsp3) is 0.400. The largest absolute Gasteiger partial charge is 0.451 e. The lowest BCUT2D eigenvalue weighted by Gasteiger charge is -2.12. The zero-order valence-corrected chi connectivity index (χ0v) is 16.0. The molecule has 28 heavy (non-hydrogen) atoms. The van der Waals surface area contributed by atoms with Crippen LogP contribution >= 0.6 is 0 Å². The Morgan fingerprint density at radius 2 is 1.96 bits per heavy atom. The van der Waals surface area contributed by atoms with Gasteiger partial charge in [-0.05, 0) is 44.4 Å². The zero-order chi connectivity index (χ0) is 20.1. The van der Waals surface area contributed by atoms with Gasteiger partial charge in [0.15, 0.2) is 12.3 Å². The summed E-state index contributed by atoms with van der Waals surface area (Å²) in [5.41, 5.74) is 1.83. The molecule has 3 rings (SSSR count). The Bertz CT molecular complexity index is 858. The van der Waals surface area contributed by atoms with Crippen LogP contribution in [-0.2, 0) is 9.53 Å². The first-order valence-electron chi connectivity index (χ1n) is 9.40. The third-order valence-corrected chi connectivity index (χ3v) is 4.51. The van der Waals surface area contributed by atoms with Gasteiger partial charge in [-0.2, -0.15) is 5.10 Å². The first-order chi connectivity index (χ1) is 13.5. The van der Waals surface area contributed by atoms with Crippen LogP contribution in [0.1, 0.15) is 55.2 Å². The fourth-order valence-electron chi connectivity index (χ4n) is 2.62. The van der Waals surface area contributed by atoms with Gasteiger partial charge in [-0.1, -0.05) is 25.1 Å². The predicted molar refractivity (Wildman–Crippen MR) is 102 cm³/mol. The van der Waals surface area contributed by atoms with Gasteiger partial charge in [-0.3, -0.25) is 10.1 Å². The molecule has 0 bridgehead atoms. The van der Waals surface area contributed by atoms with Crippen molar-refractivity contribution < 1.29 is 19.1 Å². The Hall–Kier alpha value is -3.16. The van der Waals surface area contributed by atoms with Gasteiger partial charge in [0.2, 0.25) is 0 Å². The first-order valence-corrected chi connectivity index (χ1v) is 9.40. The summed E-state index contributed by atoms with van der Waals surface area (Å²) < 4.78 is 6.64. The minimum absolute atomic E-state index is 0.0589. The number of nitrogens with zero attached hydrogens (tertiary/aromatic N) is 2. The molecule has 1 heterocycles. The molecule has 1 atom stereocenters. The van der Waals surface area contributed by atoms with E-state index < -0.39 is 24.5 Å². The SMILES string of the molecule is CC[C@H](C)NC(=O)NC(=O)COC(=O)c1cc(C2CC2)nn1-c1ccccc1. The molecule has 1 saturated carbocycles. The number of benzene rings is 1. The van der Waals surface area contributed by atoms with Gasteiger partial charge in [-0.15, -0.1) is 0 Å². The highest BCUT2D eigenvalue weighted by Gasteiger charge is 2.29. The van der Waals surface area contributed by atoms with E-state index in [-0.39, 0.29) is 11.7 Å². The van der Waals surface area contributed by atoms with E-state index >= 15 is 0 Å². The van der Waals surface area contributed by atoms with Gasteiger partial charge in [0.05, 0.1) is 11.4 Å². The zero-order valence-electron chi connectivity index (χ0n) is 16.0. The van der Waals surface area contributed by atoms with E-state index in [0.717, 1.165) is 30.6 Å². The number of esters is 1. The molecule has 0 spiro atoms. The van der Waals surface area contributed by atoms with Gasteiger partial charge in [-0.25, -0.2) is 14.3 Å². The average molecular weight is 384 g/mol. The Labute approximate surface area is 163 Å². The van der Waals surface area contributed by atoms with Crippen LogP contribution in [0.2, 0.25) is 0 Å². The average Bonchev–Trinajstić information content (AvgIpc) is 3.45. The van der Waals surface area contributed by atoms with Crippen molar-refractivity contribution in [2.75, 3.05) is 6.61 Å². The molecule has 1 aromatic carbocycles. The highest BCUT2D eigenvalue weighted by Crippen LogP contribution is 2.39. The standard InChI is InChI=1S/C20H24N4O4/c1-3-13(2)21-20(27)22-18(25)12-28-19(26)17-11-16(14-9-10-14)23-24(17)15-7-5-4-6-8-15/h4-8,11,13-14H,3,9-10,12H2,1-2H3,(H2,21,22,25,27)/t13-/m0/s1. The molecule has 8 nitrogen and oxygen atoms in total. The highest BCUT2D eigenvalue weighted by atomic mass is 16.5. The summed E-state index contributed by atoms with van der Waals surface area (Å²) in [6, 6.07) is 10.3. The number of carbonyl (C=O) groups is 3.